The fourth-order valence-electron chi connectivity index (χ4n) is 3.93. The van der Waals surface area contributed by atoms with Gasteiger partial charge in [0.05, 0.1) is 17.5 Å². The molecule has 2 saturated heterocycles. The van der Waals surface area contributed by atoms with E-state index in [9.17, 15) is 24.6 Å². The van der Waals surface area contributed by atoms with Crippen molar-refractivity contribution in [3.8, 4) is 5.75 Å². The first kappa shape index (κ1) is 17.5. The molecule has 0 aromatic heterocycles. The van der Waals surface area contributed by atoms with Crippen molar-refractivity contribution in [1.82, 2.24) is 5.32 Å². The molecule has 2 fully saturated rings. The van der Waals surface area contributed by atoms with Crippen LogP contribution in [0.3, 0.4) is 0 Å². The van der Waals surface area contributed by atoms with Crippen LogP contribution in [0, 0.1) is 11.8 Å². The Kier molecular flexibility index (Phi) is 4.13. The molecular formula is C19H15ClN2O5. The van der Waals surface area contributed by atoms with E-state index in [4.69, 9.17) is 11.6 Å². The molecule has 3 N–H and O–H groups in total. The zero-order valence-electron chi connectivity index (χ0n) is 13.9. The van der Waals surface area contributed by atoms with Gasteiger partial charge in [-0.1, -0.05) is 29.8 Å². The van der Waals surface area contributed by atoms with Gasteiger partial charge in [0.15, 0.2) is 0 Å². The van der Waals surface area contributed by atoms with Crippen LogP contribution in [0.4, 0.5) is 5.69 Å². The molecule has 7 nitrogen and oxygen atoms in total. The molecule has 2 amide bonds. The van der Waals surface area contributed by atoms with Crippen LogP contribution in [0.25, 0.3) is 0 Å². The Morgan fingerprint density at radius 1 is 1.04 bits per heavy atom. The molecule has 2 aromatic rings. The number of hydrogen-bond acceptors (Lipinski definition) is 5. The number of carbonyl (C=O) groups is 3. The highest BCUT2D eigenvalue weighted by Gasteiger charge is 2.61. The number of anilines is 1. The van der Waals surface area contributed by atoms with Crippen LogP contribution in [0.2, 0.25) is 5.02 Å². The molecule has 2 aliphatic rings. The Hall–Kier alpha value is -2.90. The SMILES string of the molecule is O=C(O)[C@@H]1N[C@H](c2cc(Cl)ccc2O)[C@@H]2C(=O)N(c3ccccc3)C(=O)[C@H]21. The number of carbonyl (C=O) groups excluding carboxylic acids is 2. The molecule has 0 radical (unpaired) electrons. The van der Waals surface area contributed by atoms with Gasteiger partial charge in [0.1, 0.15) is 11.8 Å². The van der Waals surface area contributed by atoms with Crippen molar-refractivity contribution in [1.29, 1.82) is 0 Å². The third-order valence-corrected chi connectivity index (χ3v) is 5.32. The van der Waals surface area contributed by atoms with Crippen molar-refractivity contribution in [2.24, 2.45) is 11.8 Å². The van der Waals surface area contributed by atoms with E-state index in [1.54, 1.807) is 30.3 Å². The van der Waals surface area contributed by atoms with Gasteiger partial charge >= 0.3 is 5.97 Å². The Labute approximate surface area is 159 Å². The Bertz CT molecular complexity index is 948. The molecule has 0 aliphatic carbocycles. The maximum absolute atomic E-state index is 13.1. The lowest BCUT2D eigenvalue weighted by atomic mass is 9.86. The first-order valence-corrected chi connectivity index (χ1v) is 8.68. The van der Waals surface area contributed by atoms with E-state index in [-0.39, 0.29) is 11.3 Å². The molecule has 0 unspecified atom stereocenters. The van der Waals surface area contributed by atoms with Gasteiger partial charge in [-0.05, 0) is 30.3 Å². The number of para-hydroxylation sites is 1. The molecule has 4 atom stereocenters. The molecule has 2 aromatic carbocycles. The van der Waals surface area contributed by atoms with Crippen LogP contribution in [0.15, 0.2) is 48.5 Å². The maximum Gasteiger partial charge on any atom is 0.321 e. The van der Waals surface area contributed by atoms with Gasteiger partial charge in [0, 0.05) is 16.6 Å². The van der Waals surface area contributed by atoms with E-state index in [0.717, 1.165) is 4.90 Å². The van der Waals surface area contributed by atoms with Gasteiger partial charge in [0.25, 0.3) is 0 Å². The summed E-state index contributed by atoms with van der Waals surface area (Å²) in [6.07, 6.45) is 0. The van der Waals surface area contributed by atoms with Gasteiger partial charge in [-0.25, -0.2) is 4.90 Å². The van der Waals surface area contributed by atoms with Crippen LogP contribution in [-0.2, 0) is 14.4 Å². The van der Waals surface area contributed by atoms with Gasteiger partial charge in [-0.2, -0.15) is 0 Å². The normalized spacial score (nSPS) is 27.1. The number of rotatable bonds is 3. The predicted octanol–water partition coefficient (Wildman–Crippen LogP) is 1.95. The van der Waals surface area contributed by atoms with Crippen molar-refractivity contribution in [2.45, 2.75) is 12.1 Å². The van der Waals surface area contributed by atoms with E-state index in [1.165, 1.54) is 18.2 Å². The summed E-state index contributed by atoms with van der Waals surface area (Å²) in [6.45, 7) is 0. The summed E-state index contributed by atoms with van der Waals surface area (Å²) >= 11 is 6.01. The zero-order chi connectivity index (χ0) is 19.3. The van der Waals surface area contributed by atoms with E-state index < -0.39 is 41.7 Å². The number of amides is 2. The maximum atomic E-state index is 13.1. The average molecular weight is 387 g/mol. The lowest BCUT2D eigenvalue weighted by Crippen LogP contribution is -2.43. The first-order chi connectivity index (χ1) is 12.9. The highest BCUT2D eigenvalue weighted by Crippen LogP contribution is 2.47. The van der Waals surface area contributed by atoms with Crippen molar-refractivity contribution >= 4 is 35.1 Å². The van der Waals surface area contributed by atoms with Crippen molar-refractivity contribution in [3.05, 3.63) is 59.1 Å². The minimum absolute atomic E-state index is 0.125. The molecular weight excluding hydrogens is 372 g/mol. The average Bonchev–Trinajstić information content (AvgIpc) is 3.15. The predicted molar refractivity (Wildman–Crippen MR) is 96.3 cm³/mol. The van der Waals surface area contributed by atoms with Crippen LogP contribution >= 0.6 is 11.6 Å². The summed E-state index contributed by atoms with van der Waals surface area (Å²) in [5.41, 5.74) is 0.678. The van der Waals surface area contributed by atoms with Gasteiger partial charge in [-0.3, -0.25) is 19.7 Å². The summed E-state index contributed by atoms with van der Waals surface area (Å²) in [4.78, 5) is 38.8. The monoisotopic (exact) mass is 386 g/mol. The fraction of sp³-hybridized carbons (Fsp3) is 0.211. The number of halogens is 1. The second-order valence-electron chi connectivity index (χ2n) is 6.56. The van der Waals surface area contributed by atoms with Crippen LogP contribution in [0.1, 0.15) is 11.6 Å². The molecule has 8 heteroatoms. The molecule has 4 rings (SSSR count). The van der Waals surface area contributed by atoms with Crippen LogP contribution < -0.4 is 10.2 Å². The Balaban J connectivity index is 1.81. The quantitative estimate of drug-likeness (QED) is 0.696. The summed E-state index contributed by atoms with van der Waals surface area (Å²) in [5, 5.41) is 22.9. The highest BCUT2D eigenvalue weighted by atomic mass is 35.5. The van der Waals surface area contributed by atoms with Crippen molar-refractivity contribution in [2.75, 3.05) is 4.90 Å². The minimum Gasteiger partial charge on any atom is -0.508 e. The number of aromatic hydroxyl groups is 1. The summed E-state index contributed by atoms with van der Waals surface area (Å²) in [5.74, 6) is -4.45. The lowest BCUT2D eigenvalue weighted by molar-refractivity contribution is -0.142. The summed E-state index contributed by atoms with van der Waals surface area (Å²) < 4.78 is 0. The minimum atomic E-state index is -1.25. The summed E-state index contributed by atoms with van der Waals surface area (Å²) in [7, 11) is 0. The van der Waals surface area contributed by atoms with E-state index >= 15 is 0 Å². The van der Waals surface area contributed by atoms with E-state index in [1.807, 2.05) is 0 Å². The molecule has 0 bridgehead atoms. The summed E-state index contributed by atoms with van der Waals surface area (Å²) in [6, 6.07) is 10.6. The van der Waals surface area contributed by atoms with E-state index in [0.29, 0.717) is 10.7 Å². The number of phenolic OH excluding ortho intramolecular Hbond substituents is 1. The Morgan fingerprint density at radius 3 is 2.37 bits per heavy atom. The standard InChI is InChI=1S/C19H15ClN2O5/c20-9-6-7-12(23)11(8-9)15-13-14(16(21-15)19(26)27)18(25)22(17(13)24)10-4-2-1-3-5-10/h1-8,13-16,21,23H,(H,26,27)/t13-,14-,15-,16-/m1/s1. The number of hydrogen-bond donors (Lipinski definition) is 3. The number of aliphatic carboxylic acids is 1. The second-order valence-corrected chi connectivity index (χ2v) is 7.00. The molecule has 0 saturated carbocycles. The smallest absolute Gasteiger partial charge is 0.321 e. The number of phenols is 1. The molecule has 27 heavy (non-hydrogen) atoms. The van der Waals surface area contributed by atoms with E-state index in [2.05, 4.69) is 5.32 Å². The topological polar surface area (TPSA) is 107 Å². The van der Waals surface area contributed by atoms with Crippen LogP contribution in [-0.4, -0.2) is 34.0 Å². The number of carboxylic acids is 1. The third-order valence-electron chi connectivity index (χ3n) is 5.08. The largest absolute Gasteiger partial charge is 0.508 e. The molecule has 138 valence electrons. The number of imide groups is 1. The number of fused-ring (bicyclic) bond motifs is 1. The highest BCUT2D eigenvalue weighted by molar-refractivity contribution is 6.30. The number of benzene rings is 2. The second kappa shape index (κ2) is 6.37. The van der Waals surface area contributed by atoms with Gasteiger partial charge < -0.3 is 10.2 Å². The fourth-order valence-corrected chi connectivity index (χ4v) is 4.11. The molecule has 2 aliphatic heterocycles. The molecule has 2 heterocycles. The van der Waals surface area contributed by atoms with Gasteiger partial charge in [0.2, 0.25) is 11.8 Å². The molecule has 0 spiro atoms. The first-order valence-electron chi connectivity index (χ1n) is 8.30. The number of nitrogens with zero attached hydrogens (tertiary/aromatic N) is 1. The zero-order valence-corrected chi connectivity index (χ0v) is 14.6. The Morgan fingerprint density at radius 2 is 1.70 bits per heavy atom. The van der Waals surface area contributed by atoms with Gasteiger partial charge in [-0.15, -0.1) is 0 Å². The third kappa shape index (κ3) is 2.67. The lowest BCUT2D eigenvalue weighted by Gasteiger charge is -2.22. The number of carboxylic acid groups (broad SMARTS) is 1. The van der Waals surface area contributed by atoms with Crippen molar-refractivity contribution < 1.29 is 24.6 Å². The van der Waals surface area contributed by atoms with Crippen molar-refractivity contribution in [3.63, 3.8) is 0 Å². The number of nitrogens with one attached hydrogen (secondary N) is 1. The van der Waals surface area contributed by atoms with Crippen LogP contribution in [0.5, 0.6) is 5.75 Å².